The molecule has 0 radical (unpaired) electrons. The van der Waals surface area contributed by atoms with Gasteiger partial charge in [-0.1, -0.05) is 42.5 Å². The molecule has 0 bridgehead atoms. The van der Waals surface area contributed by atoms with Gasteiger partial charge in [0, 0.05) is 19.0 Å². The molecule has 5 heteroatoms. The molecular weight excluding hydrogens is 328 g/mol. The van der Waals surface area contributed by atoms with E-state index >= 15 is 0 Å². The van der Waals surface area contributed by atoms with E-state index in [4.69, 9.17) is 4.74 Å². The molecule has 2 aromatic carbocycles. The van der Waals surface area contributed by atoms with Crippen molar-refractivity contribution in [1.82, 2.24) is 10.2 Å². The van der Waals surface area contributed by atoms with Gasteiger partial charge in [-0.05, 0) is 36.1 Å². The van der Waals surface area contributed by atoms with E-state index in [-0.39, 0.29) is 30.5 Å². The maximum Gasteiger partial charge on any atom is 0.258 e. The van der Waals surface area contributed by atoms with Crippen LogP contribution in [0.1, 0.15) is 17.5 Å². The normalized spacial score (nSPS) is 19.5. The highest BCUT2D eigenvalue weighted by atomic mass is 16.5. The molecule has 1 aliphatic heterocycles. The Bertz CT molecular complexity index is 781. The van der Waals surface area contributed by atoms with E-state index in [1.807, 2.05) is 47.4 Å². The van der Waals surface area contributed by atoms with Crippen LogP contribution in [-0.2, 0) is 22.4 Å². The van der Waals surface area contributed by atoms with E-state index in [1.54, 1.807) is 0 Å². The Kier molecular flexibility index (Phi) is 4.61. The number of likely N-dealkylation sites (tertiary alicyclic amines) is 1. The first kappa shape index (κ1) is 16.6. The van der Waals surface area contributed by atoms with Crippen molar-refractivity contribution in [3.63, 3.8) is 0 Å². The second-order valence-electron chi connectivity index (χ2n) is 6.95. The van der Waals surface area contributed by atoms with Gasteiger partial charge in [0.1, 0.15) is 5.75 Å². The monoisotopic (exact) mass is 350 g/mol. The molecule has 1 N–H and O–H groups in total. The van der Waals surface area contributed by atoms with Gasteiger partial charge in [0.25, 0.3) is 5.91 Å². The number of rotatable bonds is 5. The minimum atomic E-state index is -0.191. The molecule has 134 valence electrons. The van der Waals surface area contributed by atoms with E-state index in [9.17, 15) is 9.59 Å². The second kappa shape index (κ2) is 7.20. The Morgan fingerprint density at radius 1 is 1.00 bits per heavy atom. The molecule has 1 heterocycles. The average molecular weight is 350 g/mol. The first-order valence-electron chi connectivity index (χ1n) is 9.02. The molecule has 2 aliphatic rings. The van der Waals surface area contributed by atoms with Crippen molar-refractivity contribution < 1.29 is 14.3 Å². The van der Waals surface area contributed by atoms with E-state index in [1.165, 1.54) is 11.1 Å². The maximum atomic E-state index is 12.4. The lowest BCUT2D eigenvalue weighted by atomic mass is 10.1. The lowest BCUT2D eigenvalue weighted by Gasteiger charge is -2.24. The smallest absolute Gasteiger partial charge is 0.258 e. The Balaban J connectivity index is 1.29. The fourth-order valence-corrected chi connectivity index (χ4v) is 3.87. The predicted molar refractivity (Wildman–Crippen MR) is 97.8 cm³/mol. The zero-order valence-corrected chi connectivity index (χ0v) is 14.6. The first-order valence-corrected chi connectivity index (χ1v) is 9.02. The van der Waals surface area contributed by atoms with Gasteiger partial charge in [-0.2, -0.15) is 0 Å². The van der Waals surface area contributed by atoms with Crippen LogP contribution in [0.4, 0.5) is 0 Å². The summed E-state index contributed by atoms with van der Waals surface area (Å²) in [7, 11) is 0. The Hall–Kier alpha value is -2.82. The third kappa shape index (κ3) is 3.57. The van der Waals surface area contributed by atoms with Gasteiger partial charge in [0.2, 0.25) is 5.91 Å². The topological polar surface area (TPSA) is 58.6 Å². The van der Waals surface area contributed by atoms with Crippen LogP contribution in [0.5, 0.6) is 5.75 Å². The number of ether oxygens (including phenoxy) is 1. The highest BCUT2D eigenvalue weighted by Gasteiger charge is 2.37. The molecule has 5 nitrogen and oxygen atoms in total. The second-order valence-corrected chi connectivity index (χ2v) is 6.95. The molecule has 4 rings (SSSR count). The first-order chi connectivity index (χ1) is 12.7. The highest BCUT2D eigenvalue weighted by Crippen LogP contribution is 2.28. The number of nitrogens with zero attached hydrogens (tertiary/aromatic N) is 1. The summed E-state index contributed by atoms with van der Waals surface area (Å²) >= 11 is 0. The molecule has 1 saturated heterocycles. The molecule has 1 atom stereocenters. The molecule has 0 saturated carbocycles. The van der Waals surface area contributed by atoms with E-state index < -0.39 is 0 Å². The quantitative estimate of drug-likeness (QED) is 0.897. The van der Waals surface area contributed by atoms with Crippen LogP contribution in [0.3, 0.4) is 0 Å². The minimum absolute atomic E-state index is 0.0381. The van der Waals surface area contributed by atoms with Gasteiger partial charge in [0.15, 0.2) is 6.61 Å². The summed E-state index contributed by atoms with van der Waals surface area (Å²) in [5.41, 5.74) is 2.66. The van der Waals surface area contributed by atoms with Crippen molar-refractivity contribution in [3.05, 3.63) is 65.7 Å². The van der Waals surface area contributed by atoms with Crippen molar-refractivity contribution in [2.45, 2.75) is 31.3 Å². The molecule has 2 aromatic rings. The highest BCUT2D eigenvalue weighted by molar-refractivity contribution is 5.83. The molecule has 1 aliphatic carbocycles. The van der Waals surface area contributed by atoms with Crippen molar-refractivity contribution in [1.29, 1.82) is 0 Å². The predicted octanol–water partition coefficient (Wildman–Crippen LogP) is 1.95. The number of hydrogen-bond acceptors (Lipinski definition) is 3. The minimum Gasteiger partial charge on any atom is -0.484 e. The average Bonchev–Trinajstić information content (AvgIpc) is 3.23. The molecule has 0 aromatic heterocycles. The summed E-state index contributed by atoms with van der Waals surface area (Å²) in [5.74, 6) is 0.593. The molecule has 2 amide bonds. The Morgan fingerprint density at radius 2 is 1.65 bits per heavy atom. The van der Waals surface area contributed by atoms with Gasteiger partial charge >= 0.3 is 0 Å². The summed E-state index contributed by atoms with van der Waals surface area (Å²) in [4.78, 5) is 26.5. The standard InChI is InChI=1S/C21H22N2O3/c24-20(14-26-19-8-2-1-3-9-19)22-17-12-21(25)23(13-17)18-10-15-6-4-5-7-16(15)11-18/h1-9,17-18H,10-14H2,(H,22,24)/t17-/m0/s1. The third-order valence-corrected chi connectivity index (χ3v) is 5.11. The van der Waals surface area contributed by atoms with Gasteiger partial charge in [-0.15, -0.1) is 0 Å². The number of amides is 2. The number of hydrogen-bond donors (Lipinski definition) is 1. The zero-order chi connectivity index (χ0) is 17.9. The van der Waals surface area contributed by atoms with Crippen molar-refractivity contribution in [2.24, 2.45) is 0 Å². The molecule has 1 fully saturated rings. The van der Waals surface area contributed by atoms with E-state index in [0.717, 1.165) is 12.8 Å². The van der Waals surface area contributed by atoms with Crippen LogP contribution in [-0.4, -0.2) is 41.9 Å². The van der Waals surface area contributed by atoms with Gasteiger partial charge in [-0.25, -0.2) is 0 Å². The van der Waals surface area contributed by atoms with Gasteiger partial charge < -0.3 is 15.0 Å². The van der Waals surface area contributed by atoms with Gasteiger partial charge in [0.05, 0.1) is 6.04 Å². The fraction of sp³-hybridized carbons (Fsp3) is 0.333. The van der Waals surface area contributed by atoms with Crippen molar-refractivity contribution in [2.75, 3.05) is 13.2 Å². The van der Waals surface area contributed by atoms with E-state index in [0.29, 0.717) is 18.7 Å². The lowest BCUT2D eigenvalue weighted by molar-refractivity contribution is -0.129. The number of carbonyl (C=O) groups is 2. The summed E-state index contributed by atoms with van der Waals surface area (Å²) in [6.45, 7) is 0.540. The summed E-state index contributed by atoms with van der Waals surface area (Å²) < 4.78 is 5.46. The SMILES string of the molecule is O=C(COc1ccccc1)N[C@H]1CC(=O)N(C2Cc3ccccc3C2)C1. The zero-order valence-electron chi connectivity index (χ0n) is 14.6. The molecule has 26 heavy (non-hydrogen) atoms. The number of benzene rings is 2. The maximum absolute atomic E-state index is 12.4. The Labute approximate surface area is 153 Å². The largest absolute Gasteiger partial charge is 0.484 e. The van der Waals surface area contributed by atoms with Crippen LogP contribution in [0.25, 0.3) is 0 Å². The van der Waals surface area contributed by atoms with Crippen molar-refractivity contribution >= 4 is 11.8 Å². The summed E-state index contributed by atoms with van der Waals surface area (Å²) in [6.07, 6.45) is 2.17. The van der Waals surface area contributed by atoms with E-state index in [2.05, 4.69) is 17.4 Å². The summed E-state index contributed by atoms with van der Waals surface area (Å²) in [6, 6.07) is 17.7. The number of para-hydroxylation sites is 1. The van der Waals surface area contributed by atoms with Crippen LogP contribution in [0, 0.1) is 0 Å². The lowest BCUT2D eigenvalue weighted by Crippen LogP contribution is -2.42. The van der Waals surface area contributed by atoms with Crippen LogP contribution in [0.2, 0.25) is 0 Å². The Morgan fingerprint density at radius 3 is 2.35 bits per heavy atom. The van der Waals surface area contributed by atoms with Crippen LogP contribution in [0.15, 0.2) is 54.6 Å². The fourth-order valence-electron chi connectivity index (χ4n) is 3.87. The molecular formula is C21H22N2O3. The summed E-state index contributed by atoms with van der Waals surface area (Å²) in [5, 5.41) is 2.93. The van der Waals surface area contributed by atoms with Crippen LogP contribution < -0.4 is 10.1 Å². The third-order valence-electron chi connectivity index (χ3n) is 5.11. The molecule has 0 spiro atoms. The van der Waals surface area contributed by atoms with Crippen LogP contribution >= 0.6 is 0 Å². The number of nitrogens with one attached hydrogen (secondary N) is 1. The molecule has 0 unspecified atom stereocenters. The van der Waals surface area contributed by atoms with Crippen molar-refractivity contribution in [3.8, 4) is 5.75 Å². The van der Waals surface area contributed by atoms with Gasteiger partial charge in [-0.3, -0.25) is 9.59 Å². The number of fused-ring (bicyclic) bond motifs is 1. The number of carbonyl (C=O) groups excluding carboxylic acids is 2.